The van der Waals surface area contributed by atoms with E-state index in [1.54, 1.807) is 24.3 Å². The molecule has 0 saturated heterocycles. The van der Waals surface area contributed by atoms with Crippen LogP contribution >= 0.6 is 0 Å². The maximum Gasteiger partial charge on any atom is 0.338 e. The minimum atomic E-state index is -0.362. The molecule has 3 aromatic rings. The molecular formula is C25H23NO3. The van der Waals surface area contributed by atoms with Crippen molar-refractivity contribution in [3.63, 3.8) is 0 Å². The number of carbonyl (C=O) groups is 2. The lowest BCUT2D eigenvalue weighted by Gasteiger charge is -2.10. The molecule has 0 aliphatic heterocycles. The SMILES string of the molecule is CCCOC(=O)c1ccc(NC(=O)C(=Cc2ccccc2)c2ccccc2)cc1. The summed E-state index contributed by atoms with van der Waals surface area (Å²) in [5.41, 5.74) is 3.39. The lowest BCUT2D eigenvalue weighted by Crippen LogP contribution is -2.14. The standard InChI is InChI=1S/C25H23NO3/c1-2-17-29-25(28)21-13-15-22(16-14-21)26-24(27)23(20-11-7-4-8-12-20)18-19-9-5-3-6-10-19/h3-16,18H,2,17H2,1H3,(H,26,27). The molecule has 0 heterocycles. The summed E-state index contributed by atoms with van der Waals surface area (Å²) in [6, 6.07) is 25.9. The number of carbonyl (C=O) groups excluding carboxylic acids is 2. The Hall–Kier alpha value is -3.66. The number of benzene rings is 3. The van der Waals surface area contributed by atoms with Gasteiger partial charge in [-0.25, -0.2) is 4.79 Å². The van der Waals surface area contributed by atoms with Crippen LogP contribution in [0.1, 0.15) is 34.8 Å². The maximum atomic E-state index is 13.0. The second-order valence-corrected chi connectivity index (χ2v) is 6.50. The van der Waals surface area contributed by atoms with Gasteiger partial charge in [-0.3, -0.25) is 4.79 Å². The smallest absolute Gasteiger partial charge is 0.338 e. The van der Waals surface area contributed by atoms with Crippen molar-refractivity contribution < 1.29 is 14.3 Å². The molecule has 0 unspecified atom stereocenters. The molecule has 0 aromatic heterocycles. The Morgan fingerprint density at radius 2 is 1.45 bits per heavy atom. The summed E-state index contributed by atoms with van der Waals surface area (Å²) in [4.78, 5) is 24.9. The van der Waals surface area contributed by atoms with Crippen LogP contribution in [0, 0.1) is 0 Å². The van der Waals surface area contributed by atoms with Crippen LogP contribution in [0.25, 0.3) is 11.6 Å². The highest BCUT2D eigenvalue weighted by atomic mass is 16.5. The third kappa shape index (κ3) is 5.66. The number of hydrogen-bond donors (Lipinski definition) is 1. The minimum Gasteiger partial charge on any atom is -0.462 e. The van der Waals surface area contributed by atoms with Crippen molar-refractivity contribution in [2.45, 2.75) is 13.3 Å². The summed E-state index contributed by atoms with van der Waals surface area (Å²) in [6.45, 7) is 2.33. The largest absolute Gasteiger partial charge is 0.462 e. The first-order chi connectivity index (χ1) is 14.2. The van der Waals surface area contributed by atoms with Crippen LogP contribution in [0.2, 0.25) is 0 Å². The summed E-state index contributed by atoms with van der Waals surface area (Å²) >= 11 is 0. The summed E-state index contributed by atoms with van der Waals surface area (Å²) in [7, 11) is 0. The van der Waals surface area contributed by atoms with E-state index in [1.165, 1.54) is 0 Å². The number of esters is 1. The molecule has 4 nitrogen and oxygen atoms in total. The van der Waals surface area contributed by atoms with E-state index in [2.05, 4.69) is 5.32 Å². The topological polar surface area (TPSA) is 55.4 Å². The first-order valence-electron chi connectivity index (χ1n) is 9.58. The zero-order valence-electron chi connectivity index (χ0n) is 16.3. The van der Waals surface area contributed by atoms with E-state index in [4.69, 9.17) is 4.74 Å². The van der Waals surface area contributed by atoms with Crippen molar-refractivity contribution in [2.75, 3.05) is 11.9 Å². The van der Waals surface area contributed by atoms with Crippen LogP contribution < -0.4 is 5.32 Å². The second kappa shape index (κ2) is 10.0. The van der Waals surface area contributed by atoms with Gasteiger partial charge in [-0.1, -0.05) is 67.6 Å². The molecule has 3 aromatic carbocycles. The van der Waals surface area contributed by atoms with Gasteiger partial charge in [-0.2, -0.15) is 0 Å². The van der Waals surface area contributed by atoms with Crippen molar-refractivity contribution >= 4 is 29.2 Å². The monoisotopic (exact) mass is 385 g/mol. The Balaban J connectivity index is 1.80. The average molecular weight is 385 g/mol. The van der Waals surface area contributed by atoms with Crippen molar-refractivity contribution in [2.24, 2.45) is 0 Å². The van der Waals surface area contributed by atoms with E-state index < -0.39 is 0 Å². The fraction of sp³-hybridized carbons (Fsp3) is 0.120. The molecule has 0 fully saturated rings. The summed E-state index contributed by atoms with van der Waals surface area (Å²) < 4.78 is 5.13. The lowest BCUT2D eigenvalue weighted by molar-refractivity contribution is -0.111. The molecular weight excluding hydrogens is 362 g/mol. The predicted molar refractivity (Wildman–Crippen MR) is 116 cm³/mol. The van der Waals surface area contributed by atoms with Crippen molar-refractivity contribution in [1.29, 1.82) is 0 Å². The molecule has 0 radical (unpaired) electrons. The molecule has 0 aliphatic rings. The van der Waals surface area contributed by atoms with Gasteiger partial charge in [0.25, 0.3) is 5.91 Å². The number of anilines is 1. The van der Waals surface area contributed by atoms with E-state index in [0.29, 0.717) is 23.4 Å². The molecule has 29 heavy (non-hydrogen) atoms. The molecule has 146 valence electrons. The number of amides is 1. The van der Waals surface area contributed by atoms with Gasteiger partial charge >= 0.3 is 5.97 Å². The molecule has 0 aliphatic carbocycles. The van der Waals surface area contributed by atoms with Crippen LogP contribution in [-0.2, 0) is 9.53 Å². The Kier molecular flexibility index (Phi) is 6.95. The van der Waals surface area contributed by atoms with Crippen LogP contribution in [0.4, 0.5) is 5.69 Å². The first kappa shape index (κ1) is 20.1. The summed E-state index contributed by atoms with van der Waals surface area (Å²) in [5.74, 6) is -0.583. The third-order valence-corrected chi connectivity index (χ3v) is 4.26. The number of ether oxygens (including phenoxy) is 1. The van der Waals surface area contributed by atoms with Gasteiger partial charge in [0.2, 0.25) is 0 Å². The number of hydrogen-bond acceptors (Lipinski definition) is 3. The van der Waals surface area contributed by atoms with Crippen molar-refractivity contribution in [3.8, 4) is 0 Å². The molecule has 4 heteroatoms. The van der Waals surface area contributed by atoms with Gasteiger partial charge in [-0.15, -0.1) is 0 Å². The van der Waals surface area contributed by atoms with Gasteiger partial charge in [0, 0.05) is 11.3 Å². The molecule has 3 rings (SSSR count). The van der Waals surface area contributed by atoms with Crippen LogP contribution in [0.15, 0.2) is 84.9 Å². The molecule has 0 atom stereocenters. The van der Waals surface area contributed by atoms with Gasteiger partial charge < -0.3 is 10.1 Å². The highest BCUT2D eigenvalue weighted by molar-refractivity contribution is 6.29. The fourth-order valence-electron chi connectivity index (χ4n) is 2.78. The fourth-order valence-corrected chi connectivity index (χ4v) is 2.78. The van der Waals surface area contributed by atoms with E-state index in [-0.39, 0.29) is 11.9 Å². The van der Waals surface area contributed by atoms with Gasteiger partial charge in [0.05, 0.1) is 12.2 Å². The van der Waals surface area contributed by atoms with Gasteiger partial charge in [-0.05, 0) is 47.9 Å². The Bertz CT molecular complexity index is 978. The third-order valence-electron chi connectivity index (χ3n) is 4.26. The summed E-state index contributed by atoms with van der Waals surface area (Å²) in [6.07, 6.45) is 2.64. The van der Waals surface area contributed by atoms with Crippen molar-refractivity contribution in [1.82, 2.24) is 0 Å². The quantitative estimate of drug-likeness (QED) is 0.335. The molecule has 0 saturated carbocycles. The molecule has 0 bridgehead atoms. The Morgan fingerprint density at radius 3 is 2.07 bits per heavy atom. The normalized spacial score (nSPS) is 11.0. The van der Waals surface area contributed by atoms with Crippen LogP contribution in [0.5, 0.6) is 0 Å². The Morgan fingerprint density at radius 1 is 0.828 bits per heavy atom. The van der Waals surface area contributed by atoms with E-state index in [9.17, 15) is 9.59 Å². The zero-order valence-corrected chi connectivity index (χ0v) is 16.3. The van der Waals surface area contributed by atoms with Crippen LogP contribution in [-0.4, -0.2) is 18.5 Å². The number of rotatable bonds is 7. The highest BCUT2D eigenvalue weighted by Crippen LogP contribution is 2.21. The first-order valence-corrected chi connectivity index (χ1v) is 9.58. The average Bonchev–Trinajstić information content (AvgIpc) is 2.77. The maximum absolute atomic E-state index is 13.0. The molecule has 1 N–H and O–H groups in total. The second-order valence-electron chi connectivity index (χ2n) is 6.50. The van der Waals surface area contributed by atoms with Crippen molar-refractivity contribution in [3.05, 3.63) is 102 Å². The lowest BCUT2D eigenvalue weighted by atomic mass is 10.0. The van der Waals surface area contributed by atoms with E-state index in [1.807, 2.05) is 73.7 Å². The highest BCUT2D eigenvalue weighted by Gasteiger charge is 2.13. The summed E-state index contributed by atoms with van der Waals surface area (Å²) in [5, 5.41) is 2.91. The number of nitrogens with one attached hydrogen (secondary N) is 1. The van der Waals surface area contributed by atoms with E-state index >= 15 is 0 Å². The predicted octanol–water partition coefficient (Wildman–Crippen LogP) is 5.43. The minimum absolute atomic E-state index is 0.221. The Labute approximate surface area is 170 Å². The van der Waals surface area contributed by atoms with E-state index in [0.717, 1.165) is 17.5 Å². The molecule has 0 spiro atoms. The molecule has 1 amide bonds. The zero-order chi connectivity index (χ0) is 20.5. The van der Waals surface area contributed by atoms with Crippen LogP contribution in [0.3, 0.4) is 0 Å². The van der Waals surface area contributed by atoms with Gasteiger partial charge in [0.15, 0.2) is 0 Å². The van der Waals surface area contributed by atoms with Gasteiger partial charge in [0.1, 0.15) is 0 Å².